The Bertz CT molecular complexity index is 126. The number of aliphatic carboxylic acids is 1. The molecule has 0 spiro atoms. The van der Waals surface area contributed by atoms with Gasteiger partial charge in [0, 0.05) is 6.61 Å². The first-order chi connectivity index (χ1) is 5.29. The molecular weight excluding hydrogens is 148 g/mol. The summed E-state index contributed by atoms with van der Waals surface area (Å²) in [6.07, 6.45) is 0.616. The van der Waals surface area contributed by atoms with Crippen molar-refractivity contribution < 1.29 is 19.4 Å². The molecule has 1 aliphatic heterocycles. The van der Waals surface area contributed by atoms with E-state index in [2.05, 4.69) is 0 Å². The van der Waals surface area contributed by atoms with Crippen molar-refractivity contribution in [2.45, 2.75) is 18.9 Å². The fourth-order valence-electron chi connectivity index (χ4n) is 1.03. The van der Waals surface area contributed by atoms with Gasteiger partial charge in [0.25, 0.3) is 0 Å². The third-order valence-corrected chi connectivity index (χ3v) is 1.57. The highest BCUT2D eigenvalue weighted by Crippen LogP contribution is 2.07. The molecule has 1 N–H and O–H groups in total. The highest BCUT2D eigenvalue weighted by atomic mass is 16.5. The van der Waals surface area contributed by atoms with Crippen LogP contribution in [0.3, 0.4) is 0 Å². The van der Waals surface area contributed by atoms with E-state index < -0.39 is 5.97 Å². The second-order valence-corrected chi connectivity index (χ2v) is 2.49. The lowest BCUT2D eigenvalue weighted by Crippen LogP contribution is -2.17. The van der Waals surface area contributed by atoms with Crippen molar-refractivity contribution in [3.05, 3.63) is 0 Å². The molecule has 0 aromatic heterocycles. The molecule has 1 atom stereocenters. The Morgan fingerprint density at radius 1 is 1.45 bits per heavy atom. The zero-order valence-electron chi connectivity index (χ0n) is 6.28. The molecule has 11 heavy (non-hydrogen) atoms. The molecule has 0 aliphatic carbocycles. The van der Waals surface area contributed by atoms with Gasteiger partial charge in [-0.1, -0.05) is 0 Å². The Balaban J connectivity index is 2.25. The molecule has 1 saturated heterocycles. The maximum absolute atomic E-state index is 10.3. The van der Waals surface area contributed by atoms with Crippen LogP contribution in [0.4, 0.5) is 0 Å². The van der Waals surface area contributed by atoms with Crippen LogP contribution in [0.1, 0.15) is 12.8 Å². The monoisotopic (exact) mass is 160 g/mol. The molecule has 1 aliphatic rings. The van der Waals surface area contributed by atoms with Gasteiger partial charge in [-0.25, -0.2) is 0 Å². The lowest BCUT2D eigenvalue weighted by Gasteiger charge is -2.09. The van der Waals surface area contributed by atoms with Crippen LogP contribution in [-0.4, -0.2) is 37.0 Å². The molecular formula is C7H12O4. The molecule has 0 aromatic carbocycles. The third-order valence-electron chi connectivity index (χ3n) is 1.57. The van der Waals surface area contributed by atoms with Crippen molar-refractivity contribution in [2.24, 2.45) is 0 Å². The summed E-state index contributed by atoms with van der Waals surface area (Å²) in [4.78, 5) is 10.3. The smallest absolute Gasteiger partial charge is 0.305 e. The molecule has 1 unspecified atom stereocenters. The minimum absolute atomic E-state index is 0.0867. The molecule has 1 heterocycles. The van der Waals surface area contributed by atoms with E-state index in [4.69, 9.17) is 14.6 Å². The Kier molecular flexibility index (Phi) is 3.32. The van der Waals surface area contributed by atoms with Gasteiger partial charge in [-0.2, -0.15) is 0 Å². The zero-order chi connectivity index (χ0) is 8.10. The Labute approximate surface area is 65.1 Å². The fraction of sp³-hybridized carbons (Fsp3) is 0.857. The Morgan fingerprint density at radius 2 is 2.27 bits per heavy atom. The topological polar surface area (TPSA) is 55.8 Å². The van der Waals surface area contributed by atoms with Gasteiger partial charge in [0.05, 0.1) is 25.7 Å². The number of carboxylic acid groups (broad SMARTS) is 1. The van der Waals surface area contributed by atoms with Crippen LogP contribution in [0.2, 0.25) is 0 Å². The van der Waals surface area contributed by atoms with Crippen molar-refractivity contribution in [1.29, 1.82) is 0 Å². The number of ether oxygens (including phenoxy) is 2. The van der Waals surface area contributed by atoms with Gasteiger partial charge >= 0.3 is 5.97 Å². The summed E-state index contributed by atoms with van der Waals surface area (Å²) >= 11 is 0. The van der Waals surface area contributed by atoms with Gasteiger partial charge in [-0.15, -0.1) is 0 Å². The minimum atomic E-state index is -0.808. The number of hydrogen-bond acceptors (Lipinski definition) is 3. The zero-order valence-corrected chi connectivity index (χ0v) is 6.28. The van der Waals surface area contributed by atoms with Crippen LogP contribution in [0.15, 0.2) is 0 Å². The normalized spacial score (nSPS) is 26.0. The van der Waals surface area contributed by atoms with Crippen LogP contribution in [0.5, 0.6) is 0 Å². The van der Waals surface area contributed by atoms with Crippen molar-refractivity contribution >= 4 is 5.97 Å². The van der Waals surface area contributed by atoms with Crippen molar-refractivity contribution in [1.82, 2.24) is 0 Å². The maximum atomic E-state index is 10.3. The van der Waals surface area contributed by atoms with E-state index in [0.29, 0.717) is 26.2 Å². The molecule has 0 saturated carbocycles. The van der Waals surface area contributed by atoms with Crippen LogP contribution in [0, 0.1) is 0 Å². The summed E-state index contributed by atoms with van der Waals surface area (Å²) in [7, 11) is 0. The lowest BCUT2D eigenvalue weighted by atomic mass is 10.2. The van der Waals surface area contributed by atoms with Crippen LogP contribution >= 0.6 is 0 Å². The first-order valence-corrected chi connectivity index (χ1v) is 3.70. The summed E-state index contributed by atoms with van der Waals surface area (Å²) in [5.41, 5.74) is 0. The predicted octanol–water partition coefficient (Wildman–Crippen LogP) is 0.267. The summed E-state index contributed by atoms with van der Waals surface area (Å²) in [6.45, 7) is 1.70. The maximum Gasteiger partial charge on any atom is 0.305 e. The highest BCUT2D eigenvalue weighted by molar-refractivity contribution is 5.67. The summed E-state index contributed by atoms with van der Waals surface area (Å²) in [5.74, 6) is -0.808. The molecule has 0 amide bonds. The highest BCUT2D eigenvalue weighted by Gasteiger charge is 2.15. The van der Waals surface area contributed by atoms with Crippen LogP contribution < -0.4 is 0 Å². The average Bonchev–Trinajstić information content (AvgIpc) is 2.14. The van der Waals surface area contributed by atoms with Crippen molar-refractivity contribution in [3.63, 3.8) is 0 Å². The molecule has 0 radical (unpaired) electrons. The van der Waals surface area contributed by atoms with E-state index >= 15 is 0 Å². The molecule has 4 heteroatoms. The number of hydrogen-bond donors (Lipinski definition) is 1. The molecule has 4 nitrogen and oxygen atoms in total. The molecule has 1 rings (SSSR count). The molecule has 0 aromatic rings. The van der Waals surface area contributed by atoms with E-state index in [1.165, 1.54) is 0 Å². The number of rotatable bonds is 2. The van der Waals surface area contributed by atoms with E-state index in [0.717, 1.165) is 0 Å². The average molecular weight is 160 g/mol. The molecule has 64 valence electrons. The quantitative estimate of drug-likeness (QED) is 0.629. The SMILES string of the molecule is O=C(O)CC1CCOCCO1. The Morgan fingerprint density at radius 3 is 3.00 bits per heavy atom. The third kappa shape index (κ3) is 3.34. The first-order valence-electron chi connectivity index (χ1n) is 3.70. The molecule has 0 bridgehead atoms. The van der Waals surface area contributed by atoms with E-state index in [-0.39, 0.29) is 12.5 Å². The van der Waals surface area contributed by atoms with E-state index in [9.17, 15) is 4.79 Å². The van der Waals surface area contributed by atoms with E-state index in [1.54, 1.807) is 0 Å². The van der Waals surface area contributed by atoms with E-state index in [1.807, 2.05) is 0 Å². The number of carboxylic acids is 1. The van der Waals surface area contributed by atoms with Crippen molar-refractivity contribution in [2.75, 3.05) is 19.8 Å². The van der Waals surface area contributed by atoms with Gasteiger partial charge in [-0.05, 0) is 6.42 Å². The van der Waals surface area contributed by atoms with Crippen LogP contribution in [0.25, 0.3) is 0 Å². The Hall–Kier alpha value is -0.610. The standard InChI is InChI=1S/C7H12O4/c8-7(9)5-6-1-2-10-3-4-11-6/h6H,1-5H2,(H,8,9). The summed E-state index contributed by atoms with van der Waals surface area (Å²) in [5, 5.41) is 8.44. The largest absolute Gasteiger partial charge is 0.481 e. The minimum Gasteiger partial charge on any atom is -0.481 e. The lowest BCUT2D eigenvalue weighted by molar-refractivity contribution is -0.140. The van der Waals surface area contributed by atoms with Gasteiger partial charge in [0.1, 0.15) is 0 Å². The van der Waals surface area contributed by atoms with Gasteiger partial charge in [0.2, 0.25) is 0 Å². The first kappa shape index (κ1) is 8.49. The molecule has 1 fully saturated rings. The number of carbonyl (C=O) groups is 1. The second-order valence-electron chi connectivity index (χ2n) is 2.49. The summed E-state index contributed by atoms with van der Waals surface area (Å²) < 4.78 is 10.3. The second kappa shape index (κ2) is 4.31. The van der Waals surface area contributed by atoms with Gasteiger partial charge in [0.15, 0.2) is 0 Å². The van der Waals surface area contributed by atoms with Gasteiger partial charge in [-0.3, -0.25) is 4.79 Å². The van der Waals surface area contributed by atoms with Gasteiger partial charge < -0.3 is 14.6 Å². The van der Waals surface area contributed by atoms with Crippen molar-refractivity contribution in [3.8, 4) is 0 Å². The summed E-state index contributed by atoms with van der Waals surface area (Å²) in [6, 6.07) is 0. The fourth-order valence-corrected chi connectivity index (χ4v) is 1.03. The predicted molar refractivity (Wildman–Crippen MR) is 37.4 cm³/mol. The van der Waals surface area contributed by atoms with Crippen LogP contribution in [-0.2, 0) is 14.3 Å².